The minimum Gasteiger partial charge on any atom is -0.268 e. The van der Waals surface area contributed by atoms with Gasteiger partial charge in [-0.15, -0.1) is 0 Å². The number of carbonyl (C=O) groups excluding carboxylic acids is 1. The van der Waals surface area contributed by atoms with Gasteiger partial charge in [-0.2, -0.15) is 0 Å². The minimum absolute atomic E-state index is 0.0773. The van der Waals surface area contributed by atoms with E-state index in [1.807, 2.05) is 11.6 Å². The molecule has 0 bridgehead atoms. The molecule has 21 heavy (non-hydrogen) atoms. The van der Waals surface area contributed by atoms with E-state index in [2.05, 4.69) is 0 Å². The topological polar surface area (TPSA) is 63.2 Å². The van der Waals surface area contributed by atoms with Crippen molar-refractivity contribution in [2.75, 3.05) is 0 Å². The lowest BCUT2D eigenvalue weighted by Crippen LogP contribution is -2.31. The van der Waals surface area contributed by atoms with Crippen LogP contribution in [0.1, 0.15) is 21.5 Å². The maximum absolute atomic E-state index is 12.3. The quantitative estimate of drug-likeness (QED) is 0.944. The van der Waals surface area contributed by atoms with Crippen LogP contribution in [0.15, 0.2) is 47.4 Å². The summed E-state index contributed by atoms with van der Waals surface area (Å²) in [6, 6.07) is 11.2. The molecule has 1 N–H and O–H groups in total. The van der Waals surface area contributed by atoms with Crippen LogP contribution in [0.5, 0.6) is 0 Å². The average molecular weight is 324 g/mol. The van der Waals surface area contributed by atoms with Crippen LogP contribution in [0.3, 0.4) is 0 Å². The average Bonchev–Trinajstić information content (AvgIpc) is 2.37. The Labute approximate surface area is 128 Å². The molecule has 0 saturated carbocycles. The van der Waals surface area contributed by atoms with Crippen molar-refractivity contribution in [3.05, 3.63) is 64.2 Å². The number of hydrogen-bond acceptors (Lipinski definition) is 3. The van der Waals surface area contributed by atoms with Crippen molar-refractivity contribution in [2.24, 2.45) is 0 Å². The van der Waals surface area contributed by atoms with Gasteiger partial charge in [0.05, 0.1) is 15.5 Å². The molecule has 0 aliphatic heterocycles. The summed E-state index contributed by atoms with van der Waals surface area (Å²) < 4.78 is 26.6. The zero-order valence-electron chi connectivity index (χ0n) is 11.6. The van der Waals surface area contributed by atoms with E-state index in [0.29, 0.717) is 5.56 Å². The van der Waals surface area contributed by atoms with Crippen LogP contribution in [0.4, 0.5) is 0 Å². The van der Waals surface area contributed by atoms with Gasteiger partial charge in [-0.1, -0.05) is 41.4 Å². The van der Waals surface area contributed by atoms with Crippen LogP contribution < -0.4 is 4.72 Å². The van der Waals surface area contributed by atoms with Gasteiger partial charge < -0.3 is 0 Å². The Morgan fingerprint density at radius 2 is 1.76 bits per heavy atom. The fraction of sp³-hybridized carbons (Fsp3) is 0.133. The van der Waals surface area contributed by atoms with E-state index in [1.165, 1.54) is 18.2 Å². The molecule has 2 aromatic carbocycles. The molecule has 4 nitrogen and oxygen atoms in total. The summed E-state index contributed by atoms with van der Waals surface area (Å²) in [5.41, 5.74) is 1.64. The molecular formula is C15H14ClNO3S. The molecule has 2 aromatic rings. The highest BCUT2D eigenvalue weighted by atomic mass is 35.5. The Kier molecular flexibility index (Phi) is 4.34. The predicted molar refractivity (Wildman–Crippen MR) is 82.0 cm³/mol. The Morgan fingerprint density at radius 3 is 2.38 bits per heavy atom. The Hall–Kier alpha value is -1.85. The summed E-state index contributed by atoms with van der Waals surface area (Å²) in [4.78, 5) is 12.1. The molecule has 0 spiro atoms. The third-order valence-electron chi connectivity index (χ3n) is 2.97. The first-order valence-corrected chi connectivity index (χ1v) is 8.06. The fourth-order valence-electron chi connectivity index (χ4n) is 1.98. The van der Waals surface area contributed by atoms with E-state index >= 15 is 0 Å². The first-order chi connectivity index (χ1) is 9.81. The number of halogens is 1. The fourth-order valence-corrected chi connectivity index (χ4v) is 3.39. The molecule has 0 radical (unpaired) electrons. The second-order valence-electron chi connectivity index (χ2n) is 4.68. The molecule has 110 valence electrons. The number of nitrogens with one attached hydrogen (secondary N) is 1. The smallest absolute Gasteiger partial charge is 0.266 e. The summed E-state index contributed by atoms with van der Waals surface area (Å²) in [6.07, 6.45) is 0. The van der Waals surface area contributed by atoms with Crippen molar-refractivity contribution in [3.63, 3.8) is 0 Å². The molecule has 0 fully saturated rings. The SMILES string of the molecule is Cc1ccc(S(=O)(=O)NC(=O)c2ccccc2Cl)c(C)c1. The number of sulfonamides is 1. The molecular weight excluding hydrogens is 310 g/mol. The monoisotopic (exact) mass is 323 g/mol. The van der Waals surface area contributed by atoms with Gasteiger partial charge in [-0.25, -0.2) is 13.1 Å². The van der Waals surface area contributed by atoms with E-state index in [0.717, 1.165) is 5.56 Å². The summed E-state index contributed by atoms with van der Waals surface area (Å²) in [7, 11) is -3.93. The maximum Gasteiger partial charge on any atom is 0.266 e. The number of hydrogen-bond donors (Lipinski definition) is 1. The third-order valence-corrected chi connectivity index (χ3v) is 4.79. The minimum atomic E-state index is -3.93. The largest absolute Gasteiger partial charge is 0.268 e. The van der Waals surface area contributed by atoms with Crippen molar-refractivity contribution in [2.45, 2.75) is 18.7 Å². The van der Waals surface area contributed by atoms with Gasteiger partial charge in [0.25, 0.3) is 15.9 Å². The zero-order valence-corrected chi connectivity index (χ0v) is 13.1. The van der Waals surface area contributed by atoms with Gasteiger partial charge in [-0.05, 0) is 37.6 Å². The number of benzene rings is 2. The third kappa shape index (κ3) is 3.43. The summed E-state index contributed by atoms with van der Waals surface area (Å²) >= 11 is 5.89. The molecule has 0 aliphatic carbocycles. The summed E-state index contributed by atoms with van der Waals surface area (Å²) in [5.74, 6) is -0.749. The van der Waals surface area contributed by atoms with E-state index < -0.39 is 15.9 Å². The second-order valence-corrected chi connectivity index (χ2v) is 6.74. The predicted octanol–water partition coefficient (Wildman–Crippen LogP) is 3.08. The lowest BCUT2D eigenvalue weighted by molar-refractivity contribution is 0.0981. The first-order valence-electron chi connectivity index (χ1n) is 6.20. The Morgan fingerprint density at radius 1 is 1.10 bits per heavy atom. The van der Waals surface area contributed by atoms with Gasteiger partial charge in [0.2, 0.25) is 0 Å². The van der Waals surface area contributed by atoms with E-state index in [1.54, 1.807) is 31.2 Å². The highest BCUT2D eigenvalue weighted by Gasteiger charge is 2.21. The van der Waals surface area contributed by atoms with Gasteiger partial charge in [0.1, 0.15) is 0 Å². The number of amides is 1. The molecule has 1 amide bonds. The number of carbonyl (C=O) groups is 1. The first kappa shape index (κ1) is 15.5. The molecule has 0 heterocycles. The Balaban J connectivity index is 2.34. The lowest BCUT2D eigenvalue weighted by atomic mass is 10.2. The summed E-state index contributed by atoms with van der Waals surface area (Å²) in [5, 5.41) is 0.200. The molecule has 6 heteroatoms. The second kappa shape index (κ2) is 5.87. The van der Waals surface area contributed by atoms with Crippen molar-refractivity contribution in [1.29, 1.82) is 0 Å². The molecule has 0 aromatic heterocycles. The standard InChI is InChI=1S/C15H14ClNO3S/c1-10-7-8-14(11(2)9-10)21(19,20)17-15(18)12-5-3-4-6-13(12)16/h3-9H,1-2H3,(H,17,18). The molecule has 0 unspecified atom stereocenters. The summed E-state index contributed by atoms with van der Waals surface area (Å²) in [6.45, 7) is 3.55. The van der Waals surface area contributed by atoms with Crippen LogP contribution >= 0.6 is 11.6 Å². The van der Waals surface area contributed by atoms with Gasteiger partial charge in [0, 0.05) is 0 Å². The Bertz CT molecular complexity index is 800. The van der Waals surface area contributed by atoms with E-state index in [9.17, 15) is 13.2 Å². The molecule has 2 rings (SSSR count). The van der Waals surface area contributed by atoms with E-state index in [-0.39, 0.29) is 15.5 Å². The van der Waals surface area contributed by atoms with E-state index in [4.69, 9.17) is 11.6 Å². The van der Waals surface area contributed by atoms with Crippen molar-refractivity contribution in [1.82, 2.24) is 4.72 Å². The lowest BCUT2D eigenvalue weighted by Gasteiger charge is -2.10. The van der Waals surface area contributed by atoms with Crippen LogP contribution in [-0.4, -0.2) is 14.3 Å². The van der Waals surface area contributed by atoms with Crippen LogP contribution in [-0.2, 0) is 10.0 Å². The molecule has 0 saturated heterocycles. The van der Waals surface area contributed by atoms with Gasteiger partial charge >= 0.3 is 0 Å². The zero-order chi connectivity index (χ0) is 15.6. The molecule has 0 atom stereocenters. The van der Waals surface area contributed by atoms with Crippen LogP contribution in [0.25, 0.3) is 0 Å². The maximum atomic E-state index is 12.3. The highest BCUT2D eigenvalue weighted by molar-refractivity contribution is 7.90. The number of aryl methyl sites for hydroxylation is 2. The normalized spacial score (nSPS) is 11.2. The van der Waals surface area contributed by atoms with Gasteiger partial charge in [-0.3, -0.25) is 4.79 Å². The van der Waals surface area contributed by atoms with Crippen LogP contribution in [0, 0.1) is 13.8 Å². The van der Waals surface area contributed by atoms with Crippen LogP contribution in [0.2, 0.25) is 5.02 Å². The molecule has 0 aliphatic rings. The van der Waals surface area contributed by atoms with Crippen molar-refractivity contribution < 1.29 is 13.2 Å². The van der Waals surface area contributed by atoms with Crippen molar-refractivity contribution >= 4 is 27.5 Å². The van der Waals surface area contributed by atoms with Gasteiger partial charge in [0.15, 0.2) is 0 Å². The van der Waals surface area contributed by atoms with Crippen molar-refractivity contribution in [3.8, 4) is 0 Å². The number of rotatable bonds is 3. The highest BCUT2D eigenvalue weighted by Crippen LogP contribution is 2.19.